The van der Waals surface area contributed by atoms with Gasteiger partial charge in [0.1, 0.15) is 0 Å². The Morgan fingerprint density at radius 2 is 2.00 bits per heavy atom. The Bertz CT molecular complexity index is 299. The third kappa shape index (κ3) is 2.62. The van der Waals surface area contributed by atoms with E-state index in [1.54, 1.807) is 13.0 Å². The van der Waals surface area contributed by atoms with Crippen molar-refractivity contribution in [2.75, 3.05) is 6.61 Å². The molecule has 1 aliphatic rings. The Hall–Kier alpha value is -0.870. The van der Waals surface area contributed by atoms with Crippen LogP contribution >= 0.6 is 0 Å². The van der Waals surface area contributed by atoms with Crippen LogP contribution in [-0.4, -0.2) is 28.7 Å². The van der Waals surface area contributed by atoms with Gasteiger partial charge < -0.3 is 4.74 Å². The van der Waals surface area contributed by atoms with Gasteiger partial charge in [-0.15, -0.1) is 10.3 Å². The van der Waals surface area contributed by atoms with E-state index in [4.69, 9.17) is 4.74 Å². The van der Waals surface area contributed by atoms with Gasteiger partial charge in [0, 0.05) is 11.6 Å². The van der Waals surface area contributed by atoms with Crippen LogP contribution in [-0.2, 0) is 14.7 Å². The van der Waals surface area contributed by atoms with E-state index in [1.807, 2.05) is 20.8 Å². The number of esters is 1. The molecule has 16 heavy (non-hydrogen) atoms. The molecule has 0 saturated carbocycles. The molecule has 1 atom stereocenters. The summed E-state index contributed by atoms with van der Waals surface area (Å²) < 4.78 is 4.79. The molecule has 0 aromatic carbocycles. The standard InChI is InChI=1S/C12H20NO3/c1-5-16-10(14)6-7-12(4)9-8-11(2,3)13(12)15/h6-7H,5,8-9H2,1-4H3/b7-6+. The fourth-order valence-electron chi connectivity index (χ4n) is 2.04. The zero-order valence-corrected chi connectivity index (χ0v) is 10.4. The van der Waals surface area contributed by atoms with Gasteiger partial charge in [0.05, 0.1) is 12.1 Å². The van der Waals surface area contributed by atoms with Gasteiger partial charge in [-0.05, 0) is 40.5 Å². The zero-order valence-electron chi connectivity index (χ0n) is 10.4. The van der Waals surface area contributed by atoms with E-state index < -0.39 is 5.54 Å². The van der Waals surface area contributed by atoms with Crippen molar-refractivity contribution in [3.8, 4) is 0 Å². The molecule has 1 saturated heterocycles. The molecule has 4 nitrogen and oxygen atoms in total. The van der Waals surface area contributed by atoms with Crippen molar-refractivity contribution in [3.63, 3.8) is 0 Å². The van der Waals surface area contributed by atoms with Crippen molar-refractivity contribution < 1.29 is 14.7 Å². The Balaban J connectivity index is 2.70. The molecule has 1 fully saturated rings. The normalized spacial score (nSPS) is 29.8. The number of hydrogen-bond acceptors (Lipinski definition) is 3. The van der Waals surface area contributed by atoms with Crippen molar-refractivity contribution in [3.05, 3.63) is 12.2 Å². The summed E-state index contributed by atoms with van der Waals surface area (Å²) in [7, 11) is 0. The number of rotatable bonds is 3. The van der Waals surface area contributed by atoms with Gasteiger partial charge in [0.2, 0.25) is 0 Å². The molecule has 1 radical (unpaired) electrons. The van der Waals surface area contributed by atoms with Gasteiger partial charge in [-0.1, -0.05) is 6.08 Å². The Labute approximate surface area is 96.8 Å². The Morgan fingerprint density at radius 3 is 2.44 bits per heavy atom. The highest BCUT2D eigenvalue weighted by atomic mass is 16.5. The van der Waals surface area contributed by atoms with Crippen LogP contribution in [0.1, 0.15) is 40.5 Å². The van der Waals surface area contributed by atoms with Crippen molar-refractivity contribution >= 4 is 5.97 Å². The lowest BCUT2D eigenvalue weighted by atomic mass is 9.98. The third-order valence-electron chi connectivity index (χ3n) is 3.12. The maximum Gasteiger partial charge on any atom is 0.330 e. The van der Waals surface area contributed by atoms with E-state index in [2.05, 4.69) is 0 Å². The average Bonchev–Trinajstić information content (AvgIpc) is 2.42. The molecule has 0 aromatic heterocycles. The maximum absolute atomic E-state index is 12.0. The van der Waals surface area contributed by atoms with Crippen LogP contribution in [0.15, 0.2) is 12.2 Å². The first-order chi connectivity index (χ1) is 7.32. The molecule has 0 N–H and O–H groups in total. The van der Waals surface area contributed by atoms with Gasteiger partial charge in [0.25, 0.3) is 0 Å². The molecule has 91 valence electrons. The minimum Gasteiger partial charge on any atom is -0.463 e. The summed E-state index contributed by atoms with van der Waals surface area (Å²) in [6.45, 7) is 7.80. The molecule has 1 heterocycles. The lowest BCUT2D eigenvalue weighted by molar-refractivity contribution is -0.236. The first kappa shape index (κ1) is 13.2. The zero-order chi connectivity index (χ0) is 12.4. The quantitative estimate of drug-likeness (QED) is 0.547. The van der Waals surface area contributed by atoms with E-state index in [-0.39, 0.29) is 11.5 Å². The third-order valence-corrected chi connectivity index (χ3v) is 3.12. The monoisotopic (exact) mass is 226 g/mol. The van der Waals surface area contributed by atoms with Gasteiger partial charge >= 0.3 is 5.97 Å². The second-order valence-corrected chi connectivity index (χ2v) is 5.05. The number of carbonyl (C=O) groups excluding carboxylic acids is 1. The summed E-state index contributed by atoms with van der Waals surface area (Å²) in [5.41, 5.74) is -0.940. The Morgan fingerprint density at radius 1 is 1.38 bits per heavy atom. The lowest BCUT2D eigenvalue weighted by Crippen LogP contribution is -2.45. The largest absolute Gasteiger partial charge is 0.463 e. The molecular formula is C12H20NO3. The number of ether oxygens (including phenoxy) is 1. The van der Waals surface area contributed by atoms with Gasteiger partial charge in [-0.25, -0.2) is 4.79 Å². The van der Waals surface area contributed by atoms with Crippen molar-refractivity contribution in [1.29, 1.82) is 0 Å². The summed E-state index contributed by atoms with van der Waals surface area (Å²) >= 11 is 0. The smallest absolute Gasteiger partial charge is 0.330 e. The van der Waals surface area contributed by atoms with E-state index >= 15 is 0 Å². The van der Waals surface area contributed by atoms with Crippen LogP contribution in [0.25, 0.3) is 0 Å². The molecule has 0 amide bonds. The van der Waals surface area contributed by atoms with Gasteiger partial charge in [0.15, 0.2) is 0 Å². The van der Waals surface area contributed by atoms with Crippen molar-refractivity contribution in [2.45, 2.75) is 51.6 Å². The molecule has 0 aromatic rings. The van der Waals surface area contributed by atoms with E-state index in [1.165, 1.54) is 6.08 Å². The van der Waals surface area contributed by atoms with Crippen LogP contribution in [0, 0.1) is 0 Å². The van der Waals surface area contributed by atoms with Crippen LogP contribution < -0.4 is 0 Å². The second kappa shape index (κ2) is 4.55. The molecule has 0 aliphatic carbocycles. The average molecular weight is 226 g/mol. The highest BCUT2D eigenvalue weighted by Gasteiger charge is 2.46. The number of carbonyl (C=O) groups is 1. The van der Waals surface area contributed by atoms with E-state index in [0.29, 0.717) is 6.61 Å². The van der Waals surface area contributed by atoms with Gasteiger partial charge in [-0.2, -0.15) is 0 Å². The first-order valence-corrected chi connectivity index (χ1v) is 5.65. The molecule has 1 aliphatic heterocycles. The topological polar surface area (TPSA) is 49.4 Å². The molecule has 1 unspecified atom stereocenters. The summed E-state index contributed by atoms with van der Waals surface area (Å²) in [6.07, 6.45) is 4.61. The number of hydroxylamine groups is 2. The molecule has 4 heteroatoms. The van der Waals surface area contributed by atoms with E-state index in [0.717, 1.165) is 17.9 Å². The second-order valence-electron chi connectivity index (χ2n) is 5.05. The number of hydrogen-bond donors (Lipinski definition) is 0. The molecular weight excluding hydrogens is 206 g/mol. The highest BCUT2D eigenvalue weighted by Crippen LogP contribution is 2.40. The Kier molecular flexibility index (Phi) is 3.76. The van der Waals surface area contributed by atoms with E-state index in [9.17, 15) is 10.0 Å². The van der Waals surface area contributed by atoms with Crippen LogP contribution in [0.5, 0.6) is 0 Å². The SMILES string of the molecule is CCOC(=O)/C=C/C1(C)CCC(C)(C)N1[O]. The minimum absolute atomic E-state index is 0.353. The number of nitrogens with zero attached hydrogens (tertiary/aromatic N) is 1. The minimum atomic E-state index is -0.587. The predicted molar refractivity (Wildman–Crippen MR) is 60.0 cm³/mol. The summed E-state index contributed by atoms with van der Waals surface area (Å²) in [5.74, 6) is -0.387. The molecule has 0 bridgehead atoms. The van der Waals surface area contributed by atoms with Crippen molar-refractivity contribution in [1.82, 2.24) is 5.06 Å². The highest BCUT2D eigenvalue weighted by molar-refractivity contribution is 5.82. The first-order valence-electron chi connectivity index (χ1n) is 5.65. The van der Waals surface area contributed by atoms with Gasteiger partial charge in [-0.3, -0.25) is 0 Å². The van der Waals surface area contributed by atoms with Crippen LogP contribution in [0.4, 0.5) is 0 Å². The maximum atomic E-state index is 12.0. The summed E-state index contributed by atoms with van der Waals surface area (Å²) in [6, 6.07) is 0. The molecule has 0 spiro atoms. The van der Waals surface area contributed by atoms with Crippen LogP contribution in [0.2, 0.25) is 0 Å². The fourth-order valence-corrected chi connectivity index (χ4v) is 2.04. The molecule has 1 rings (SSSR count). The summed E-state index contributed by atoms with van der Waals surface area (Å²) in [4.78, 5) is 11.2. The predicted octanol–water partition coefficient (Wildman–Crippen LogP) is 2.08. The fraction of sp³-hybridized carbons (Fsp3) is 0.750. The van der Waals surface area contributed by atoms with Crippen LogP contribution in [0.3, 0.4) is 0 Å². The lowest BCUT2D eigenvalue weighted by Gasteiger charge is -2.32. The summed E-state index contributed by atoms with van der Waals surface area (Å²) in [5, 5.41) is 13.1. The van der Waals surface area contributed by atoms with Crippen molar-refractivity contribution in [2.24, 2.45) is 0 Å².